The van der Waals surface area contributed by atoms with Gasteiger partial charge in [0.05, 0.1) is 32.0 Å². The topological polar surface area (TPSA) is 21.7 Å². The summed E-state index contributed by atoms with van der Waals surface area (Å²) in [6.07, 6.45) is 0. The van der Waals surface area contributed by atoms with Crippen LogP contribution in [-0.2, 0) is 9.47 Å². The average molecular weight is 157 g/mol. The molecule has 0 radical (unpaired) electrons. The van der Waals surface area contributed by atoms with Crippen molar-refractivity contribution in [2.24, 2.45) is 0 Å². The number of nitrogens with zero attached hydrogens (tertiary/aromatic N) is 1. The Balaban J connectivity index is 2.02. The third kappa shape index (κ3) is 1.08. The molecule has 2 heterocycles. The molecule has 0 aromatic rings. The van der Waals surface area contributed by atoms with E-state index in [-0.39, 0.29) is 5.54 Å². The Morgan fingerprint density at radius 2 is 2.00 bits per heavy atom. The predicted molar refractivity (Wildman–Crippen MR) is 41.6 cm³/mol. The number of ether oxygens (including phenoxy) is 2. The van der Waals surface area contributed by atoms with Gasteiger partial charge in [-0.05, 0) is 6.54 Å². The fourth-order valence-corrected chi connectivity index (χ4v) is 1.86. The van der Waals surface area contributed by atoms with Crippen molar-refractivity contribution in [3.8, 4) is 0 Å². The van der Waals surface area contributed by atoms with Crippen molar-refractivity contribution in [2.45, 2.75) is 12.5 Å². The van der Waals surface area contributed by atoms with Crippen LogP contribution < -0.4 is 0 Å². The molecule has 0 aromatic heterocycles. The minimum absolute atomic E-state index is 0.257. The summed E-state index contributed by atoms with van der Waals surface area (Å²) >= 11 is 0. The Bertz CT molecular complexity index is 145. The molecule has 2 rings (SSSR count). The highest BCUT2D eigenvalue weighted by molar-refractivity contribution is 4.98. The lowest BCUT2D eigenvalue weighted by atomic mass is 9.95. The first-order chi connectivity index (χ1) is 5.37. The minimum Gasteiger partial charge on any atom is -0.378 e. The van der Waals surface area contributed by atoms with Crippen LogP contribution in [0.2, 0.25) is 0 Å². The Morgan fingerprint density at radius 3 is 2.45 bits per heavy atom. The standard InChI is InChI=1S/C8H15NO2/c1-2-9-3-4-10-5-8(9)6-11-7-8/h2-7H2,1H3. The zero-order chi connectivity index (χ0) is 7.73. The second-order valence-electron chi connectivity index (χ2n) is 3.35. The van der Waals surface area contributed by atoms with E-state index in [0.29, 0.717) is 0 Å². The lowest BCUT2D eigenvalue weighted by Gasteiger charge is -2.51. The quantitative estimate of drug-likeness (QED) is 0.539. The van der Waals surface area contributed by atoms with Crippen molar-refractivity contribution in [3.63, 3.8) is 0 Å². The molecule has 2 aliphatic heterocycles. The van der Waals surface area contributed by atoms with Gasteiger partial charge in [0.25, 0.3) is 0 Å². The molecule has 2 aliphatic rings. The molecule has 1 spiro atoms. The molecule has 3 heteroatoms. The van der Waals surface area contributed by atoms with Gasteiger partial charge in [-0.15, -0.1) is 0 Å². The van der Waals surface area contributed by atoms with Gasteiger partial charge >= 0.3 is 0 Å². The maximum absolute atomic E-state index is 5.44. The van der Waals surface area contributed by atoms with Crippen molar-refractivity contribution >= 4 is 0 Å². The Morgan fingerprint density at radius 1 is 1.27 bits per heavy atom. The molecule has 0 aliphatic carbocycles. The van der Waals surface area contributed by atoms with Crippen molar-refractivity contribution < 1.29 is 9.47 Å². The van der Waals surface area contributed by atoms with Crippen molar-refractivity contribution in [1.82, 2.24) is 4.90 Å². The predicted octanol–water partition coefficient (Wildman–Crippen LogP) is 0.107. The number of morpholine rings is 1. The highest BCUT2D eigenvalue weighted by Gasteiger charge is 2.45. The van der Waals surface area contributed by atoms with Gasteiger partial charge in [-0.1, -0.05) is 6.92 Å². The molecule has 2 fully saturated rings. The molecule has 0 saturated carbocycles. The summed E-state index contributed by atoms with van der Waals surface area (Å²) in [4.78, 5) is 2.47. The van der Waals surface area contributed by atoms with E-state index in [1.807, 2.05) is 0 Å². The van der Waals surface area contributed by atoms with Gasteiger partial charge < -0.3 is 9.47 Å². The molecule has 64 valence electrons. The summed E-state index contributed by atoms with van der Waals surface area (Å²) in [5, 5.41) is 0. The van der Waals surface area contributed by atoms with Crippen LogP contribution >= 0.6 is 0 Å². The van der Waals surface area contributed by atoms with Crippen molar-refractivity contribution in [3.05, 3.63) is 0 Å². The molecule has 0 N–H and O–H groups in total. The third-order valence-corrected chi connectivity index (χ3v) is 2.67. The normalized spacial score (nSPS) is 30.3. The summed E-state index contributed by atoms with van der Waals surface area (Å²) in [6.45, 7) is 7.86. The molecule has 0 unspecified atom stereocenters. The van der Waals surface area contributed by atoms with E-state index >= 15 is 0 Å². The van der Waals surface area contributed by atoms with Gasteiger partial charge in [0.2, 0.25) is 0 Å². The fraction of sp³-hybridized carbons (Fsp3) is 1.00. The third-order valence-electron chi connectivity index (χ3n) is 2.67. The molecule has 11 heavy (non-hydrogen) atoms. The number of likely N-dealkylation sites (N-methyl/N-ethyl adjacent to an activating group) is 1. The molecule has 0 atom stereocenters. The highest BCUT2D eigenvalue weighted by Crippen LogP contribution is 2.27. The minimum atomic E-state index is 0.257. The first kappa shape index (κ1) is 7.53. The second kappa shape index (κ2) is 2.73. The van der Waals surface area contributed by atoms with Gasteiger partial charge in [0, 0.05) is 6.54 Å². The first-order valence-corrected chi connectivity index (χ1v) is 4.28. The van der Waals surface area contributed by atoms with Gasteiger partial charge in [0.1, 0.15) is 0 Å². The summed E-state index contributed by atoms with van der Waals surface area (Å²) in [5.41, 5.74) is 0.257. The zero-order valence-electron chi connectivity index (χ0n) is 7.01. The molecule has 0 amide bonds. The van der Waals surface area contributed by atoms with E-state index in [1.165, 1.54) is 0 Å². The summed E-state index contributed by atoms with van der Waals surface area (Å²) < 4.78 is 10.7. The smallest absolute Gasteiger partial charge is 0.0915 e. The van der Waals surface area contributed by atoms with Crippen LogP contribution in [-0.4, -0.2) is 50.0 Å². The fourth-order valence-electron chi connectivity index (χ4n) is 1.86. The number of hydrogen-bond donors (Lipinski definition) is 0. The van der Waals surface area contributed by atoms with Crippen LogP contribution in [0.3, 0.4) is 0 Å². The van der Waals surface area contributed by atoms with E-state index in [0.717, 1.165) is 39.5 Å². The van der Waals surface area contributed by atoms with E-state index in [1.54, 1.807) is 0 Å². The lowest BCUT2D eigenvalue weighted by molar-refractivity contribution is -0.195. The Hall–Kier alpha value is -0.120. The Kier molecular flexibility index (Phi) is 1.87. The maximum Gasteiger partial charge on any atom is 0.0915 e. The molecular weight excluding hydrogens is 142 g/mol. The maximum atomic E-state index is 5.44. The molecular formula is C8H15NO2. The van der Waals surface area contributed by atoms with Crippen LogP contribution in [0.5, 0.6) is 0 Å². The average Bonchev–Trinajstić information content (AvgIpc) is 2.01. The molecule has 3 nitrogen and oxygen atoms in total. The van der Waals surface area contributed by atoms with E-state index in [2.05, 4.69) is 11.8 Å². The van der Waals surface area contributed by atoms with Crippen LogP contribution in [0.1, 0.15) is 6.92 Å². The highest BCUT2D eigenvalue weighted by atomic mass is 16.5. The second-order valence-corrected chi connectivity index (χ2v) is 3.35. The number of rotatable bonds is 1. The zero-order valence-corrected chi connectivity index (χ0v) is 7.01. The first-order valence-electron chi connectivity index (χ1n) is 4.28. The van der Waals surface area contributed by atoms with Gasteiger partial charge in [-0.2, -0.15) is 0 Å². The molecule has 2 saturated heterocycles. The Labute approximate surface area is 67.3 Å². The van der Waals surface area contributed by atoms with E-state index in [4.69, 9.17) is 9.47 Å². The van der Waals surface area contributed by atoms with Crippen LogP contribution in [0.4, 0.5) is 0 Å². The van der Waals surface area contributed by atoms with Gasteiger partial charge in [-0.3, -0.25) is 4.90 Å². The van der Waals surface area contributed by atoms with Crippen LogP contribution in [0.25, 0.3) is 0 Å². The largest absolute Gasteiger partial charge is 0.378 e. The van der Waals surface area contributed by atoms with Crippen LogP contribution in [0, 0.1) is 0 Å². The van der Waals surface area contributed by atoms with Crippen molar-refractivity contribution in [2.75, 3.05) is 39.5 Å². The monoisotopic (exact) mass is 157 g/mol. The van der Waals surface area contributed by atoms with Crippen molar-refractivity contribution in [1.29, 1.82) is 0 Å². The summed E-state index contributed by atoms with van der Waals surface area (Å²) in [6, 6.07) is 0. The van der Waals surface area contributed by atoms with E-state index in [9.17, 15) is 0 Å². The summed E-state index contributed by atoms with van der Waals surface area (Å²) in [7, 11) is 0. The van der Waals surface area contributed by atoms with E-state index < -0.39 is 0 Å². The van der Waals surface area contributed by atoms with Crippen LogP contribution in [0.15, 0.2) is 0 Å². The van der Waals surface area contributed by atoms with Gasteiger partial charge in [0.15, 0.2) is 0 Å². The molecule has 0 bridgehead atoms. The SMILES string of the molecule is CCN1CCOCC12COC2. The lowest BCUT2D eigenvalue weighted by Crippen LogP contribution is -2.67. The number of hydrogen-bond acceptors (Lipinski definition) is 3. The summed E-state index contributed by atoms with van der Waals surface area (Å²) in [5.74, 6) is 0. The molecule has 0 aromatic carbocycles. The van der Waals surface area contributed by atoms with Gasteiger partial charge in [-0.25, -0.2) is 0 Å².